The molecule has 0 bridgehead atoms. The molecule has 0 unspecified atom stereocenters. The molecule has 0 radical (unpaired) electrons. The van der Waals surface area contributed by atoms with Crippen molar-refractivity contribution in [3.63, 3.8) is 0 Å². The number of carbonyl (C=O) groups is 1. The van der Waals surface area contributed by atoms with Gasteiger partial charge >= 0.3 is 0 Å². The number of nitriles is 1. The molecule has 2 aromatic rings. The van der Waals surface area contributed by atoms with E-state index in [0.717, 1.165) is 18.8 Å². The standard InChI is InChI=1S/C18H17FN4O/c1-13(24)14-2-5-18(17(19)10-14)23-8-6-22(7-9-23)16-4-3-15(11-20)21-12-16/h2-5,10,12H,6-9H2,1H3. The molecule has 24 heavy (non-hydrogen) atoms. The van der Waals surface area contributed by atoms with Gasteiger partial charge in [-0.05, 0) is 37.3 Å². The van der Waals surface area contributed by atoms with Crippen LogP contribution in [-0.2, 0) is 0 Å². The van der Waals surface area contributed by atoms with E-state index < -0.39 is 0 Å². The summed E-state index contributed by atoms with van der Waals surface area (Å²) in [7, 11) is 0. The fourth-order valence-electron chi connectivity index (χ4n) is 2.83. The zero-order valence-electron chi connectivity index (χ0n) is 13.4. The van der Waals surface area contributed by atoms with Crippen LogP contribution in [-0.4, -0.2) is 36.9 Å². The van der Waals surface area contributed by atoms with E-state index in [2.05, 4.69) is 9.88 Å². The third kappa shape index (κ3) is 3.20. The molecule has 1 aromatic carbocycles. The zero-order chi connectivity index (χ0) is 17.1. The Labute approximate surface area is 139 Å². The van der Waals surface area contributed by atoms with E-state index in [-0.39, 0.29) is 11.6 Å². The van der Waals surface area contributed by atoms with Crippen molar-refractivity contribution in [2.45, 2.75) is 6.92 Å². The van der Waals surface area contributed by atoms with Gasteiger partial charge in [0.25, 0.3) is 0 Å². The van der Waals surface area contributed by atoms with Crippen LogP contribution in [0.2, 0.25) is 0 Å². The maximum absolute atomic E-state index is 14.3. The second kappa shape index (κ2) is 6.67. The summed E-state index contributed by atoms with van der Waals surface area (Å²) in [5.74, 6) is -0.505. The monoisotopic (exact) mass is 324 g/mol. The average Bonchev–Trinajstić information content (AvgIpc) is 2.62. The predicted molar refractivity (Wildman–Crippen MR) is 89.8 cm³/mol. The number of hydrogen-bond donors (Lipinski definition) is 0. The molecule has 0 saturated carbocycles. The van der Waals surface area contributed by atoms with Crippen LogP contribution in [0.5, 0.6) is 0 Å². The SMILES string of the molecule is CC(=O)c1ccc(N2CCN(c3ccc(C#N)nc3)CC2)c(F)c1. The molecule has 1 aliphatic rings. The lowest BCUT2D eigenvalue weighted by atomic mass is 10.1. The number of nitrogens with zero attached hydrogens (tertiary/aromatic N) is 4. The molecular weight excluding hydrogens is 307 g/mol. The third-order valence-electron chi connectivity index (χ3n) is 4.20. The topological polar surface area (TPSA) is 60.2 Å². The number of Topliss-reactive ketones (excluding diaryl/α,β-unsaturated/α-hetero) is 1. The highest BCUT2D eigenvalue weighted by molar-refractivity contribution is 5.94. The smallest absolute Gasteiger partial charge is 0.159 e. The Kier molecular flexibility index (Phi) is 4.43. The van der Waals surface area contributed by atoms with Crippen molar-refractivity contribution in [2.24, 2.45) is 0 Å². The normalized spacial score (nSPS) is 14.4. The highest BCUT2D eigenvalue weighted by Crippen LogP contribution is 2.24. The van der Waals surface area contributed by atoms with E-state index in [9.17, 15) is 9.18 Å². The molecule has 5 nitrogen and oxygen atoms in total. The first-order valence-electron chi connectivity index (χ1n) is 7.75. The van der Waals surface area contributed by atoms with E-state index >= 15 is 0 Å². The zero-order valence-corrected chi connectivity index (χ0v) is 13.4. The fourth-order valence-corrected chi connectivity index (χ4v) is 2.83. The molecule has 1 aromatic heterocycles. The lowest BCUT2D eigenvalue weighted by Gasteiger charge is -2.37. The van der Waals surface area contributed by atoms with E-state index in [1.165, 1.54) is 13.0 Å². The minimum absolute atomic E-state index is 0.140. The van der Waals surface area contributed by atoms with Crippen LogP contribution in [0.15, 0.2) is 36.5 Å². The van der Waals surface area contributed by atoms with Gasteiger partial charge in [-0.3, -0.25) is 4.79 Å². The van der Waals surface area contributed by atoms with Crippen LogP contribution < -0.4 is 9.80 Å². The number of pyridine rings is 1. The largest absolute Gasteiger partial charge is 0.367 e. The molecule has 0 N–H and O–H groups in total. The molecule has 1 fully saturated rings. The van der Waals surface area contributed by atoms with E-state index in [1.807, 2.05) is 17.0 Å². The van der Waals surface area contributed by atoms with Gasteiger partial charge in [0, 0.05) is 31.7 Å². The molecular formula is C18H17FN4O. The number of aromatic nitrogens is 1. The van der Waals surface area contributed by atoms with Gasteiger partial charge in [0.2, 0.25) is 0 Å². The highest BCUT2D eigenvalue weighted by atomic mass is 19.1. The van der Waals surface area contributed by atoms with Gasteiger partial charge in [-0.15, -0.1) is 0 Å². The van der Waals surface area contributed by atoms with Crippen molar-refractivity contribution >= 4 is 17.2 Å². The van der Waals surface area contributed by atoms with Crippen molar-refractivity contribution in [3.8, 4) is 6.07 Å². The quantitative estimate of drug-likeness (QED) is 0.812. The highest BCUT2D eigenvalue weighted by Gasteiger charge is 2.20. The summed E-state index contributed by atoms with van der Waals surface area (Å²) in [4.78, 5) is 19.5. The summed E-state index contributed by atoms with van der Waals surface area (Å²) >= 11 is 0. The van der Waals surface area contributed by atoms with E-state index in [1.54, 1.807) is 24.4 Å². The van der Waals surface area contributed by atoms with Crippen LogP contribution in [0.4, 0.5) is 15.8 Å². The molecule has 0 spiro atoms. The lowest BCUT2D eigenvalue weighted by molar-refractivity contribution is 0.101. The number of carbonyl (C=O) groups excluding carboxylic acids is 1. The van der Waals surface area contributed by atoms with E-state index in [4.69, 9.17) is 5.26 Å². The Morgan fingerprint density at radius 2 is 1.88 bits per heavy atom. The van der Waals surface area contributed by atoms with Crippen LogP contribution >= 0.6 is 0 Å². The minimum atomic E-state index is -0.365. The molecule has 122 valence electrons. The Hall–Kier alpha value is -2.94. The molecule has 3 rings (SSSR count). The van der Waals surface area contributed by atoms with Crippen molar-refractivity contribution in [3.05, 3.63) is 53.6 Å². The number of anilines is 2. The molecule has 2 heterocycles. The number of halogens is 1. The summed E-state index contributed by atoms with van der Waals surface area (Å²) < 4.78 is 14.3. The number of hydrogen-bond acceptors (Lipinski definition) is 5. The van der Waals surface area contributed by atoms with Crippen LogP contribution in [0.3, 0.4) is 0 Å². The summed E-state index contributed by atoms with van der Waals surface area (Å²) in [5.41, 5.74) is 2.27. The first kappa shape index (κ1) is 15.9. The molecule has 0 amide bonds. The van der Waals surface area contributed by atoms with Crippen molar-refractivity contribution in [1.82, 2.24) is 4.98 Å². The first-order valence-corrected chi connectivity index (χ1v) is 7.75. The van der Waals surface area contributed by atoms with Crippen LogP contribution in [0, 0.1) is 17.1 Å². The summed E-state index contributed by atoms with van der Waals surface area (Å²) in [5, 5.41) is 8.79. The predicted octanol–water partition coefficient (Wildman–Crippen LogP) is 2.62. The van der Waals surface area contributed by atoms with Gasteiger partial charge in [0.05, 0.1) is 17.6 Å². The average molecular weight is 324 g/mol. The van der Waals surface area contributed by atoms with E-state index in [0.29, 0.717) is 30.0 Å². The van der Waals surface area contributed by atoms with Gasteiger partial charge in [-0.1, -0.05) is 0 Å². The molecule has 6 heteroatoms. The summed E-state index contributed by atoms with van der Waals surface area (Å²) in [6.07, 6.45) is 1.69. The molecule has 1 saturated heterocycles. The third-order valence-corrected chi connectivity index (χ3v) is 4.20. The Balaban J connectivity index is 1.68. The maximum atomic E-state index is 14.3. The van der Waals surface area contributed by atoms with Crippen molar-refractivity contribution in [1.29, 1.82) is 5.26 Å². The Morgan fingerprint density at radius 3 is 2.42 bits per heavy atom. The van der Waals surface area contributed by atoms with Crippen LogP contribution in [0.1, 0.15) is 23.0 Å². The fraction of sp³-hybridized carbons (Fsp3) is 0.278. The molecule has 0 aliphatic carbocycles. The number of ketones is 1. The van der Waals surface area contributed by atoms with Crippen molar-refractivity contribution < 1.29 is 9.18 Å². The molecule has 1 aliphatic heterocycles. The molecule has 0 atom stereocenters. The number of piperazine rings is 1. The van der Waals surface area contributed by atoms with Gasteiger partial charge in [-0.25, -0.2) is 9.37 Å². The van der Waals surface area contributed by atoms with Gasteiger partial charge in [-0.2, -0.15) is 5.26 Å². The lowest BCUT2D eigenvalue weighted by Crippen LogP contribution is -2.46. The number of benzene rings is 1. The van der Waals surface area contributed by atoms with Gasteiger partial charge < -0.3 is 9.80 Å². The second-order valence-electron chi connectivity index (χ2n) is 5.71. The van der Waals surface area contributed by atoms with Crippen molar-refractivity contribution in [2.75, 3.05) is 36.0 Å². The van der Waals surface area contributed by atoms with Gasteiger partial charge in [0.15, 0.2) is 5.78 Å². The summed E-state index contributed by atoms with van der Waals surface area (Å²) in [6.45, 7) is 4.26. The first-order chi connectivity index (χ1) is 11.6. The Morgan fingerprint density at radius 1 is 1.17 bits per heavy atom. The Bertz CT molecular complexity index is 790. The maximum Gasteiger partial charge on any atom is 0.159 e. The van der Waals surface area contributed by atoms with Gasteiger partial charge in [0.1, 0.15) is 17.6 Å². The number of rotatable bonds is 3. The summed E-state index contributed by atoms with van der Waals surface area (Å²) in [6, 6.07) is 10.2. The van der Waals surface area contributed by atoms with Crippen LogP contribution in [0.25, 0.3) is 0 Å². The minimum Gasteiger partial charge on any atom is -0.367 e. The second-order valence-corrected chi connectivity index (χ2v) is 5.71.